The summed E-state index contributed by atoms with van der Waals surface area (Å²) in [6.45, 7) is 0.336. The third kappa shape index (κ3) is 3.58. The number of carbonyl (C=O) groups is 1. The molecule has 10 heteroatoms. The van der Waals surface area contributed by atoms with Crippen molar-refractivity contribution in [3.8, 4) is 11.4 Å². The lowest BCUT2D eigenvalue weighted by Crippen LogP contribution is -2.25. The van der Waals surface area contributed by atoms with Gasteiger partial charge in [0.15, 0.2) is 0 Å². The van der Waals surface area contributed by atoms with Crippen molar-refractivity contribution in [2.75, 3.05) is 14.1 Å². The van der Waals surface area contributed by atoms with Gasteiger partial charge in [-0.05, 0) is 11.6 Å². The molecule has 26 heavy (non-hydrogen) atoms. The molecule has 0 aliphatic rings. The summed E-state index contributed by atoms with van der Waals surface area (Å²) in [7, 11) is 3.29. The lowest BCUT2D eigenvalue weighted by molar-refractivity contribution is -0.159. The molecule has 2 heterocycles. The van der Waals surface area contributed by atoms with Crippen molar-refractivity contribution in [3.63, 3.8) is 0 Å². The average molecular weight is 365 g/mol. The highest BCUT2D eigenvalue weighted by molar-refractivity contribution is 5.92. The number of hydrogen-bond acceptors (Lipinski definition) is 5. The van der Waals surface area contributed by atoms with E-state index in [0.29, 0.717) is 17.8 Å². The van der Waals surface area contributed by atoms with E-state index >= 15 is 0 Å². The zero-order valence-corrected chi connectivity index (χ0v) is 13.9. The molecule has 0 bridgehead atoms. The summed E-state index contributed by atoms with van der Waals surface area (Å²) < 4.78 is 43.3. The molecule has 0 saturated heterocycles. The van der Waals surface area contributed by atoms with E-state index in [-0.39, 0.29) is 11.7 Å². The van der Waals surface area contributed by atoms with Gasteiger partial charge in [-0.3, -0.25) is 9.48 Å². The van der Waals surface area contributed by atoms with Gasteiger partial charge in [-0.1, -0.05) is 29.4 Å². The van der Waals surface area contributed by atoms with Crippen molar-refractivity contribution in [3.05, 3.63) is 53.7 Å². The molecule has 0 aliphatic heterocycles. The zero-order chi connectivity index (χ0) is 18.9. The highest BCUT2D eigenvalue weighted by Gasteiger charge is 2.38. The Morgan fingerprint density at radius 3 is 2.46 bits per heavy atom. The zero-order valence-electron chi connectivity index (χ0n) is 13.9. The maximum absolute atomic E-state index is 12.5. The van der Waals surface area contributed by atoms with E-state index < -0.39 is 12.1 Å². The first-order valence-electron chi connectivity index (χ1n) is 7.49. The van der Waals surface area contributed by atoms with Crippen LogP contribution in [0, 0.1) is 0 Å². The van der Waals surface area contributed by atoms with Crippen LogP contribution in [0.1, 0.15) is 21.9 Å². The standard InChI is InChI=1S/C16H14F3N5O2/c1-23(2)14(25)12-7-8-20-24(12)9-10-3-5-11(6-4-10)13-21-15(26-22-13)16(17,18)19/h3-8H,9H2,1-2H3. The minimum absolute atomic E-state index is 0.147. The van der Waals surface area contributed by atoms with Crippen LogP contribution in [0.5, 0.6) is 0 Å². The topological polar surface area (TPSA) is 77.0 Å². The molecule has 0 atom stereocenters. The van der Waals surface area contributed by atoms with E-state index in [2.05, 4.69) is 19.8 Å². The lowest BCUT2D eigenvalue weighted by atomic mass is 10.1. The van der Waals surface area contributed by atoms with Crippen molar-refractivity contribution in [2.24, 2.45) is 0 Å². The largest absolute Gasteiger partial charge is 0.471 e. The number of hydrogen-bond donors (Lipinski definition) is 0. The van der Waals surface area contributed by atoms with Gasteiger partial charge in [0.05, 0.1) is 6.54 Å². The van der Waals surface area contributed by atoms with Crippen LogP contribution in [-0.4, -0.2) is 44.8 Å². The van der Waals surface area contributed by atoms with Gasteiger partial charge in [-0.25, -0.2) is 0 Å². The molecule has 7 nitrogen and oxygen atoms in total. The molecule has 1 aromatic carbocycles. The highest BCUT2D eigenvalue weighted by atomic mass is 19.4. The molecule has 3 aromatic rings. The molecule has 136 valence electrons. The maximum Gasteiger partial charge on any atom is 0.471 e. The number of amides is 1. The van der Waals surface area contributed by atoms with E-state index in [0.717, 1.165) is 5.56 Å². The van der Waals surface area contributed by atoms with Crippen LogP contribution in [-0.2, 0) is 12.7 Å². The Morgan fingerprint density at radius 2 is 1.88 bits per heavy atom. The second kappa shape index (κ2) is 6.62. The van der Waals surface area contributed by atoms with Crippen LogP contribution in [0.2, 0.25) is 0 Å². The van der Waals surface area contributed by atoms with Gasteiger partial charge in [0.2, 0.25) is 5.82 Å². The molecule has 3 rings (SSSR count). The number of alkyl halides is 3. The summed E-state index contributed by atoms with van der Waals surface area (Å²) in [6, 6.07) is 8.18. The molecule has 0 N–H and O–H groups in total. The highest BCUT2D eigenvalue weighted by Crippen LogP contribution is 2.29. The second-order valence-electron chi connectivity index (χ2n) is 5.69. The van der Waals surface area contributed by atoms with Crippen molar-refractivity contribution < 1.29 is 22.5 Å². The number of rotatable bonds is 4. The third-order valence-electron chi connectivity index (χ3n) is 3.55. The monoisotopic (exact) mass is 365 g/mol. The van der Waals surface area contributed by atoms with Crippen LogP contribution in [0.15, 0.2) is 41.1 Å². The third-order valence-corrected chi connectivity index (χ3v) is 3.55. The van der Waals surface area contributed by atoms with Gasteiger partial charge in [-0.15, -0.1) is 0 Å². The molecule has 0 radical (unpaired) electrons. The van der Waals surface area contributed by atoms with Crippen LogP contribution in [0.25, 0.3) is 11.4 Å². The number of nitrogens with zero attached hydrogens (tertiary/aromatic N) is 5. The summed E-state index contributed by atoms with van der Waals surface area (Å²) in [5.74, 6) is -1.71. The van der Waals surface area contributed by atoms with Gasteiger partial charge in [-0.2, -0.15) is 23.3 Å². The van der Waals surface area contributed by atoms with E-state index in [9.17, 15) is 18.0 Å². The lowest BCUT2D eigenvalue weighted by Gasteiger charge is -2.12. The van der Waals surface area contributed by atoms with Crippen LogP contribution in [0.3, 0.4) is 0 Å². The summed E-state index contributed by atoms with van der Waals surface area (Å²) in [5.41, 5.74) is 1.63. The molecule has 0 saturated carbocycles. The van der Waals surface area contributed by atoms with Crippen molar-refractivity contribution in [2.45, 2.75) is 12.7 Å². The second-order valence-corrected chi connectivity index (χ2v) is 5.69. The number of carbonyl (C=O) groups excluding carboxylic acids is 1. The fourth-order valence-corrected chi connectivity index (χ4v) is 2.26. The summed E-state index contributed by atoms with van der Waals surface area (Å²) in [6.07, 6.45) is -3.15. The normalized spacial score (nSPS) is 11.6. The first kappa shape index (κ1) is 17.6. The maximum atomic E-state index is 12.5. The quantitative estimate of drug-likeness (QED) is 0.710. The number of halogens is 3. The Bertz CT molecular complexity index is 913. The predicted molar refractivity (Wildman–Crippen MR) is 84.1 cm³/mol. The SMILES string of the molecule is CN(C)C(=O)c1ccnn1Cc1ccc(-c2noc(C(F)(F)F)n2)cc1. The van der Waals surface area contributed by atoms with Crippen molar-refractivity contribution >= 4 is 5.91 Å². The van der Waals surface area contributed by atoms with Crippen molar-refractivity contribution in [1.29, 1.82) is 0 Å². The molecule has 0 spiro atoms. The molecular weight excluding hydrogens is 351 g/mol. The Kier molecular flexibility index (Phi) is 4.49. The van der Waals surface area contributed by atoms with Gasteiger partial charge in [0.25, 0.3) is 5.91 Å². The Hall–Kier alpha value is -3.17. The van der Waals surface area contributed by atoms with Crippen molar-refractivity contribution in [1.82, 2.24) is 24.8 Å². The van der Waals surface area contributed by atoms with Crippen LogP contribution >= 0.6 is 0 Å². The first-order valence-corrected chi connectivity index (χ1v) is 7.49. The van der Waals surface area contributed by atoms with E-state index in [1.807, 2.05) is 0 Å². The molecule has 0 aliphatic carbocycles. The first-order chi connectivity index (χ1) is 12.3. The molecule has 0 unspecified atom stereocenters. The minimum atomic E-state index is -4.68. The smallest absolute Gasteiger partial charge is 0.343 e. The summed E-state index contributed by atoms with van der Waals surface area (Å²) in [4.78, 5) is 16.9. The fourth-order valence-electron chi connectivity index (χ4n) is 2.26. The Labute approximate surface area is 146 Å². The fraction of sp³-hybridized carbons (Fsp3) is 0.250. The predicted octanol–water partition coefficient (Wildman–Crippen LogP) is 2.70. The molecule has 2 aromatic heterocycles. The van der Waals surface area contributed by atoms with Gasteiger partial charge in [0.1, 0.15) is 5.69 Å². The van der Waals surface area contributed by atoms with Gasteiger partial charge < -0.3 is 9.42 Å². The van der Waals surface area contributed by atoms with Crippen LogP contribution < -0.4 is 0 Å². The Morgan fingerprint density at radius 1 is 1.19 bits per heavy atom. The summed E-state index contributed by atoms with van der Waals surface area (Å²) >= 11 is 0. The number of aromatic nitrogens is 4. The molecule has 0 fully saturated rings. The molecule has 1 amide bonds. The Balaban J connectivity index is 1.78. The minimum Gasteiger partial charge on any atom is -0.343 e. The van der Waals surface area contributed by atoms with Gasteiger partial charge in [0, 0.05) is 25.9 Å². The summed E-state index contributed by atoms with van der Waals surface area (Å²) in [5, 5.41) is 7.47. The average Bonchev–Trinajstić information content (AvgIpc) is 3.23. The van der Waals surface area contributed by atoms with E-state index in [4.69, 9.17) is 0 Å². The van der Waals surface area contributed by atoms with E-state index in [1.54, 1.807) is 49.1 Å². The van der Waals surface area contributed by atoms with Gasteiger partial charge >= 0.3 is 12.1 Å². The van der Waals surface area contributed by atoms with Crippen LogP contribution in [0.4, 0.5) is 13.2 Å². The van der Waals surface area contributed by atoms with E-state index in [1.165, 1.54) is 11.1 Å². The number of benzene rings is 1. The molecular formula is C16H14F3N5O2.